The van der Waals surface area contributed by atoms with Crippen LogP contribution in [0.3, 0.4) is 0 Å². The molecule has 0 spiro atoms. The molecule has 1 saturated carbocycles. The van der Waals surface area contributed by atoms with Gasteiger partial charge in [-0.15, -0.1) is 0 Å². The van der Waals surface area contributed by atoms with Gasteiger partial charge < -0.3 is 19.9 Å². The van der Waals surface area contributed by atoms with E-state index in [1.807, 2.05) is 0 Å². The highest BCUT2D eigenvalue weighted by molar-refractivity contribution is 5.75. The van der Waals surface area contributed by atoms with Gasteiger partial charge in [0.2, 0.25) is 0 Å². The molecule has 1 N–H and O–H groups in total. The number of likely N-dealkylation sites (N-methyl/N-ethyl adjacent to an activating group) is 1. The Morgan fingerprint density at radius 1 is 1.42 bits per heavy atom. The number of rotatable bonds is 7. The van der Waals surface area contributed by atoms with E-state index < -0.39 is 0 Å². The normalized spacial score (nSPS) is 25.8. The molecule has 2 rings (SSSR count). The molecular formula is C14H27N3O2. The van der Waals surface area contributed by atoms with Gasteiger partial charge in [-0.2, -0.15) is 0 Å². The minimum Gasteiger partial charge on any atom is -0.468 e. The molecule has 1 saturated heterocycles. The number of carbonyl (C=O) groups is 1. The summed E-state index contributed by atoms with van der Waals surface area (Å²) >= 11 is 0. The number of carbonyl (C=O) groups excluding carboxylic acids is 1. The van der Waals surface area contributed by atoms with Crippen LogP contribution < -0.4 is 5.32 Å². The number of methoxy groups -OCH3 is 1. The SMILES string of the molecule is COC(=O)C(CCN1CCC(N(C)C)C1)NC1CC1. The van der Waals surface area contributed by atoms with Gasteiger partial charge in [-0.05, 0) is 46.3 Å². The van der Waals surface area contributed by atoms with Gasteiger partial charge in [-0.25, -0.2) is 0 Å². The molecule has 1 aliphatic carbocycles. The second-order valence-electron chi connectivity index (χ2n) is 6.01. The highest BCUT2D eigenvalue weighted by atomic mass is 16.5. The monoisotopic (exact) mass is 269 g/mol. The van der Waals surface area contributed by atoms with Crippen LogP contribution in [0, 0.1) is 0 Å². The molecule has 2 aliphatic rings. The lowest BCUT2D eigenvalue weighted by molar-refractivity contribution is -0.143. The lowest BCUT2D eigenvalue weighted by atomic mass is 10.2. The summed E-state index contributed by atoms with van der Waals surface area (Å²) in [5.41, 5.74) is 0. The average molecular weight is 269 g/mol. The van der Waals surface area contributed by atoms with Crippen molar-refractivity contribution >= 4 is 5.97 Å². The van der Waals surface area contributed by atoms with E-state index in [1.165, 1.54) is 26.4 Å². The first-order chi connectivity index (χ1) is 9.10. The maximum absolute atomic E-state index is 11.7. The van der Waals surface area contributed by atoms with Gasteiger partial charge in [0.15, 0.2) is 0 Å². The third-order valence-electron chi connectivity index (χ3n) is 4.21. The fourth-order valence-electron chi connectivity index (χ4n) is 2.69. The molecule has 1 heterocycles. The molecule has 110 valence electrons. The largest absolute Gasteiger partial charge is 0.468 e. The van der Waals surface area contributed by atoms with Crippen molar-refractivity contribution in [3.8, 4) is 0 Å². The Hall–Kier alpha value is -0.650. The van der Waals surface area contributed by atoms with Crippen LogP contribution in [-0.4, -0.2) is 74.7 Å². The van der Waals surface area contributed by atoms with Crippen molar-refractivity contribution in [3.63, 3.8) is 0 Å². The van der Waals surface area contributed by atoms with Crippen molar-refractivity contribution in [1.29, 1.82) is 0 Å². The van der Waals surface area contributed by atoms with Crippen LogP contribution in [0.25, 0.3) is 0 Å². The molecule has 19 heavy (non-hydrogen) atoms. The van der Waals surface area contributed by atoms with Crippen molar-refractivity contribution in [1.82, 2.24) is 15.1 Å². The molecule has 0 aromatic heterocycles. The standard InChI is InChI=1S/C14H27N3O2/c1-16(2)12-6-8-17(10-12)9-7-13(14(18)19-3)15-11-4-5-11/h11-13,15H,4-10H2,1-3H3. The number of hydrogen-bond donors (Lipinski definition) is 1. The third kappa shape index (κ3) is 4.44. The summed E-state index contributed by atoms with van der Waals surface area (Å²) in [4.78, 5) is 16.5. The van der Waals surface area contributed by atoms with Gasteiger partial charge in [-0.1, -0.05) is 0 Å². The van der Waals surface area contributed by atoms with E-state index >= 15 is 0 Å². The Kier molecular flexibility index (Phi) is 5.19. The zero-order chi connectivity index (χ0) is 13.8. The molecule has 2 unspecified atom stereocenters. The Morgan fingerprint density at radius 3 is 2.68 bits per heavy atom. The average Bonchev–Trinajstić information content (AvgIpc) is 3.08. The lowest BCUT2D eigenvalue weighted by Crippen LogP contribution is -2.42. The Balaban J connectivity index is 1.73. The molecule has 5 heteroatoms. The zero-order valence-corrected chi connectivity index (χ0v) is 12.4. The first-order valence-electron chi connectivity index (χ1n) is 7.33. The molecule has 0 radical (unpaired) electrons. The van der Waals surface area contributed by atoms with Crippen LogP contribution in [0.2, 0.25) is 0 Å². The van der Waals surface area contributed by atoms with Gasteiger partial charge >= 0.3 is 5.97 Å². The fraction of sp³-hybridized carbons (Fsp3) is 0.929. The quantitative estimate of drug-likeness (QED) is 0.674. The first-order valence-corrected chi connectivity index (χ1v) is 7.33. The van der Waals surface area contributed by atoms with Crippen molar-refractivity contribution < 1.29 is 9.53 Å². The molecule has 0 bridgehead atoms. The predicted molar refractivity (Wildman–Crippen MR) is 75.1 cm³/mol. The number of nitrogens with one attached hydrogen (secondary N) is 1. The summed E-state index contributed by atoms with van der Waals surface area (Å²) in [6.07, 6.45) is 4.47. The van der Waals surface area contributed by atoms with Gasteiger partial charge in [0.25, 0.3) is 0 Å². The summed E-state index contributed by atoms with van der Waals surface area (Å²) in [6.45, 7) is 3.23. The molecule has 0 aromatic carbocycles. The van der Waals surface area contributed by atoms with Gasteiger partial charge in [-0.3, -0.25) is 4.79 Å². The van der Waals surface area contributed by atoms with Crippen molar-refractivity contribution in [2.45, 2.75) is 43.8 Å². The topological polar surface area (TPSA) is 44.8 Å². The Morgan fingerprint density at radius 2 is 2.16 bits per heavy atom. The first kappa shape index (κ1) is 14.8. The van der Waals surface area contributed by atoms with E-state index in [0.717, 1.165) is 26.1 Å². The van der Waals surface area contributed by atoms with Crippen molar-refractivity contribution in [2.75, 3.05) is 40.8 Å². The Bertz CT molecular complexity index is 305. The highest BCUT2D eigenvalue weighted by Gasteiger charge is 2.30. The van der Waals surface area contributed by atoms with Crippen molar-refractivity contribution in [3.05, 3.63) is 0 Å². The smallest absolute Gasteiger partial charge is 0.322 e. The van der Waals surface area contributed by atoms with E-state index in [4.69, 9.17) is 4.74 Å². The van der Waals surface area contributed by atoms with Crippen molar-refractivity contribution in [2.24, 2.45) is 0 Å². The predicted octanol–water partition coefficient (Wildman–Crippen LogP) is 0.306. The van der Waals surface area contributed by atoms with Gasteiger partial charge in [0, 0.05) is 25.2 Å². The zero-order valence-electron chi connectivity index (χ0n) is 12.4. The summed E-state index contributed by atoms with van der Waals surface area (Å²) < 4.78 is 4.89. The number of likely N-dealkylation sites (tertiary alicyclic amines) is 1. The van der Waals surface area contributed by atoms with Crippen LogP contribution >= 0.6 is 0 Å². The molecule has 5 nitrogen and oxygen atoms in total. The van der Waals surface area contributed by atoms with E-state index in [2.05, 4.69) is 29.2 Å². The van der Waals surface area contributed by atoms with E-state index in [9.17, 15) is 4.79 Å². The molecule has 1 aliphatic heterocycles. The fourth-order valence-corrected chi connectivity index (χ4v) is 2.69. The lowest BCUT2D eigenvalue weighted by Gasteiger charge is -2.22. The van der Waals surface area contributed by atoms with E-state index in [1.54, 1.807) is 0 Å². The van der Waals surface area contributed by atoms with E-state index in [0.29, 0.717) is 12.1 Å². The molecular weight excluding hydrogens is 242 g/mol. The number of nitrogens with zero attached hydrogens (tertiary/aromatic N) is 2. The minimum absolute atomic E-state index is 0.116. The second kappa shape index (κ2) is 6.68. The number of esters is 1. The number of ether oxygens (including phenoxy) is 1. The van der Waals surface area contributed by atoms with Gasteiger partial charge in [0.1, 0.15) is 6.04 Å². The minimum atomic E-state index is -0.129. The van der Waals surface area contributed by atoms with E-state index in [-0.39, 0.29) is 12.0 Å². The van der Waals surface area contributed by atoms with Crippen LogP contribution in [0.5, 0.6) is 0 Å². The maximum atomic E-state index is 11.7. The molecule has 0 aromatic rings. The molecule has 2 fully saturated rings. The molecule has 0 amide bonds. The van der Waals surface area contributed by atoms with Crippen LogP contribution in [0.15, 0.2) is 0 Å². The Labute approximate surface area is 116 Å². The highest BCUT2D eigenvalue weighted by Crippen LogP contribution is 2.21. The summed E-state index contributed by atoms with van der Waals surface area (Å²) in [5.74, 6) is -0.116. The van der Waals surface area contributed by atoms with Gasteiger partial charge in [0.05, 0.1) is 7.11 Å². The third-order valence-corrected chi connectivity index (χ3v) is 4.21. The molecule has 2 atom stereocenters. The van der Waals surface area contributed by atoms with Crippen LogP contribution in [-0.2, 0) is 9.53 Å². The van der Waals surface area contributed by atoms with Crippen LogP contribution in [0.1, 0.15) is 25.7 Å². The summed E-state index contributed by atoms with van der Waals surface area (Å²) in [5, 5.41) is 3.39. The summed E-state index contributed by atoms with van der Waals surface area (Å²) in [6, 6.07) is 1.07. The summed E-state index contributed by atoms with van der Waals surface area (Å²) in [7, 11) is 5.75. The maximum Gasteiger partial charge on any atom is 0.322 e. The second-order valence-corrected chi connectivity index (χ2v) is 6.01. The van der Waals surface area contributed by atoms with Crippen LogP contribution in [0.4, 0.5) is 0 Å². The number of hydrogen-bond acceptors (Lipinski definition) is 5.